The molecule has 0 fully saturated rings. The van der Waals surface area contributed by atoms with E-state index >= 15 is 0 Å². The molecule has 0 aliphatic heterocycles. The van der Waals surface area contributed by atoms with Crippen molar-refractivity contribution in [3.63, 3.8) is 0 Å². The second-order valence-corrected chi connectivity index (χ2v) is 4.65. The molecule has 3 heteroatoms. The summed E-state index contributed by atoms with van der Waals surface area (Å²) in [6.45, 7) is 0. The number of halogens is 2. The van der Waals surface area contributed by atoms with Crippen LogP contribution in [0.2, 0.25) is 0 Å². The minimum Gasteiger partial charge on any atom is -0.262 e. The number of hydrogen-bond acceptors (Lipinski definition) is 1. The third-order valence-corrected chi connectivity index (χ3v) is 2.61. The van der Waals surface area contributed by atoms with Gasteiger partial charge in [0.05, 0.1) is 0 Å². The fraction of sp³-hybridized carbons (Fsp3) is 0. The predicted octanol–water partition coefficient (Wildman–Crippen LogP) is 5.58. The zero-order chi connectivity index (χ0) is 13.0. The van der Waals surface area contributed by atoms with Gasteiger partial charge < -0.3 is 0 Å². The Hall–Kier alpha value is -1.57. The number of fused-ring (bicyclic) bond motifs is 2. The Morgan fingerprint density at radius 2 is 0.889 bits per heavy atom. The molecule has 3 aromatic rings. The number of rotatable bonds is 0. The van der Waals surface area contributed by atoms with E-state index in [1.807, 2.05) is 0 Å². The molecule has 3 aromatic carbocycles. The van der Waals surface area contributed by atoms with Crippen LogP contribution in [0.4, 0.5) is 4.79 Å². The molecule has 0 aromatic heterocycles. The highest BCUT2D eigenvalue weighted by Crippen LogP contribution is 2.21. The summed E-state index contributed by atoms with van der Waals surface area (Å²) in [6.07, 6.45) is 0. The van der Waals surface area contributed by atoms with Crippen molar-refractivity contribution in [3.8, 4) is 0 Å². The molecule has 0 radical (unpaired) electrons. The largest absolute Gasteiger partial charge is 0.313 e. The zero-order valence-electron chi connectivity index (χ0n) is 9.44. The second kappa shape index (κ2) is 5.85. The van der Waals surface area contributed by atoms with E-state index < -0.39 is 4.70 Å². The smallest absolute Gasteiger partial charge is 0.262 e. The Morgan fingerprint density at radius 3 is 1.11 bits per heavy atom. The van der Waals surface area contributed by atoms with E-state index in [0.29, 0.717) is 0 Å². The first kappa shape index (κ1) is 12.9. The average molecular weight is 277 g/mol. The van der Waals surface area contributed by atoms with E-state index in [1.54, 1.807) is 0 Å². The van der Waals surface area contributed by atoms with E-state index in [-0.39, 0.29) is 0 Å². The summed E-state index contributed by atoms with van der Waals surface area (Å²) in [4.78, 5) is 8.98. The van der Waals surface area contributed by atoms with Crippen molar-refractivity contribution >= 4 is 49.4 Å². The monoisotopic (exact) mass is 276 g/mol. The van der Waals surface area contributed by atoms with Gasteiger partial charge in [0.1, 0.15) is 0 Å². The quantitative estimate of drug-likeness (QED) is 0.387. The number of carbonyl (C=O) groups is 1. The molecular weight excluding hydrogens is 267 g/mol. The summed E-state index contributed by atoms with van der Waals surface area (Å²) < 4.78 is -0.889. The molecule has 18 heavy (non-hydrogen) atoms. The van der Waals surface area contributed by atoms with Crippen LogP contribution in [0.1, 0.15) is 0 Å². The van der Waals surface area contributed by atoms with Crippen LogP contribution in [0.15, 0.2) is 60.7 Å². The van der Waals surface area contributed by atoms with Crippen molar-refractivity contribution in [2.75, 3.05) is 0 Å². The van der Waals surface area contributed by atoms with Gasteiger partial charge in [0, 0.05) is 0 Å². The van der Waals surface area contributed by atoms with Gasteiger partial charge >= 0.3 is 4.70 Å². The first-order valence-corrected chi connectivity index (χ1v) is 6.15. The fourth-order valence-corrected chi connectivity index (χ4v) is 1.88. The van der Waals surface area contributed by atoms with Crippen LogP contribution < -0.4 is 0 Å². The molecule has 1 nitrogen and oxygen atoms in total. The summed E-state index contributed by atoms with van der Waals surface area (Å²) in [5, 5.41) is 5.25. The Labute approximate surface area is 115 Å². The molecule has 0 spiro atoms. The SMILES string of the molecule is O=C(Cl)Cl.c1ccc2cc3ccccc3cc2c1. The van der Waals surface area contributed by atoms with Crippen LogP contribution >= 0.6 is 23.2 Å². The third-order valence-electron chi connectivity index (χ3n) is 2.61. The highest BCUT2D eigenvalue weighted by atomic mass is 35.5. The Balaban J connectivity index is 0.000000267. The van der Waals surface area contributed by atoms with Crippen LogP contribution in [0.25, 0.3) is 21.5 Å². The average Bonchev–Trinajstić information content (AvgIpc) is 2.35. The lowest BCUT2D eigenvalue weighted by Gasteiger charge is -2.00. The molecular formula is C15H10Cl2O. The first-order valence-electron chi connectivity index (χ1n) is 5.39. The van der Waals surface area contributed by atoms with Crippen LogP contribution in [-0.4, -0.2) is 4.70 Å². The third kappa shape index (κ3) is 3.22. The molecule has 0 aliphatic carbocycles. The van der Waals surface area contributed by atoms with Crippen LogP contribution in [0.5, 0.6) is 0 Å². The van der Waals surface area contributed by atoms with Gasteiger partial charge in [-0.2, -0.15) is 0 Å². The predicted molar refractivity (Wildman–Crippen MR) is 78.6 cm³/mol. The molecule has 0 heterocycles. The van der Waals surface area contributed by atoms with Gasteiger partial charge in [-0.25, -0.2) is 0 Å². The van der Waals surface area contributed by atoms with E-state index in [9.17, 15) is 0 Å². The van der Waals surface area contributed by atoms with Crippen molar-refractivity contribution < 1.29 is 4.79 Å². The van der Waals surface area contributed by atoms with Crippen molar-refractivity contribution in [2.24, 2.45) is 0 Å². The maximum atomic E-state index is 8.98. The molecule has 0 unspecified atom stereocenters. The number of hydrogen-bond donors (Lipinski definition) is 0. The molecule has 0 aliphatic rings. The fourth-order valence-electron chi connectivity index (χ4n) is 1.88. The zero-order valence-corrected chi connectivity index (χ0v) is 10.9. The Morgan fingerprint density at radius 1 is 0.667 bits per heavy atom. The Bertz CT molecular complexity index is 583. The van der Waals surface area contributed by atoms with E-state index in [4.69, 9.17) is 4.79 Å². The summed E-state index contributed by atoms with van der Waals surface area (Å²) in [7, 11) is 0. The van der Waals surface area contributed by atoms with Gasteiger partial charge in [-0.15, -0.1) is 0 Å². The molecule has 0 bridgehead atoms. The molecule has 0 saturated carbocycles. The summed E-state index contributed by atoms with van der Waals surface area (Å²) in [5.41, 5.74) is 0. The second-order valence-electron chi connectivity index (χ2n) is 3.77. The van der Waals surface area contributed by atoms with E-state index in [0.717, 1.165) is 0 Å². The van der Waals surface area contributed by atoms with Crippen LogP contribution in [0.3, 0.4) is 0 Å². The van der Waals surface area contributed by atoms with Gasteiger partial charge in [0.2, 0.25) is 0 Å². The van der Waals surface area contributed by atoms with Crippen molar-refractivity contribution in [1.82, 2.24) is 0 Å². The molecule has 0 atom stereocenters. The first-order chi connectivity index (χ1) is 8.66. The van der Waals surface area contributed by atoms with E-state index in [2.05, 4.69) is 83.9 Å². The van der Waals surface area contributed by atoms with Gasteiger partial charge in [0.25, 0.3) is 0 Å². The van der Waals surface area contributed by atoms with Gasteiger partial charge in [-0.05, 0) is 56.9 Å². The van der Waals surface area contributed by atoms with Gasteiger partial charge in [-0.3, -0.25) is 4.79 Å². The molecule has 0 N–H and O–H groups in total. The molecule has 0 saturated heterocycles. The summed E-state index contributed by atoms with van der Waals surface area (Å²) in [5.74, 6) is 0. The lowest BCUT2D eigenvalue weighted by atomic mass is 10.0. The van der Waals surface area contributed by atoms with Crippen molar-refractivity contribution in [2.45, 2.75) is 0 Å². The van der Waals surface area contributed by atoms with Crippen LogP contribution in [0, 0.1) is 0 Å². The summed E-state index contributed by atoms with van der Waals surface area (Å²) >= 11 is 8.80. The highest BCUT2D eigenvalue weighted by Gasteiger charge is 1.95. The minimum atomic E-state index is -0.889. The number of benzene rings is 3. The lowest BCUT2D eigenvalue weighted by Crippen LogP contribution is -1.74. The van der Waals surface area contributed by atoms with Crippen molar-refractivity contribution in [1.29, 1.82) is 0 Å². The molecule has 0 amide bonds. The van der Waals surface area contributed by atoms with Crippen LogP contribution in [-0.2, 0) is 0 Å². The number of carbonyl (C=O) groups excluding carboxylic acids is 1. The topological polar surface area (TPSA) is 17.1 Å². The highest BCUT2D eigenvalue weighted by molar-refractivity contribution is 6.93. The summed E-state index contributed by atoms with van der Waals surface area (Å²) in [6, 6.07) is 21.4. The minimum absolute atomic E-state index is 0.889. The lowest BCUT2D eigenvalue weighted by molar-refractivity contribution is 0.275. The maximum Gasteiger partial charge on any atom is 0.313 e. The van der Waals surface area contributed by atoms with E-state index in [1.165, 1.54) is 21.5 Å². The molecule has 3 rings (SSSR count). The van der Waals surface area contributed by atoms with Crippen molar-refractivity contribution in [3.05, 3.63) is 60.7 Å². The maximum absolute atomic E-state index is 8.98. The molecule has 90 valence electrons. The van der Waals surface area contributed by atoms with Gasteiger partial charge in [0.15, 0.2) is 0 Å². The van der Waals surface area contributed by atoms with Gasteiger partial charge in [-0.1, -0.05) is 48.5 Å². The normalized spacial score (nSPS) is 9.89. The Kier molecular flexibility index (Phi) is 4.19. The standard InChI is InChI=1S/C14H10.CCl2O/c1-2-6-12-10-14-8-4-3-7-13(14)9-11(12)5-1;2-1(3)4/h1-10H;.